The zero-order valence-electron chi connectivity index (χ0n) is 18.6. The molecule has 0 saturated carbocycles. The van der Waals surface area contributed by atoms with Gasteiger partial charge in [-0.05, 0) is 82.7 Å². The van der Waals surface area contributed by atoms with E-state index in [9.17, 15) is 19.6 Å². The van der Waals surface area contributed by atoms with Crippen LogP contribution in [0.3, 0.4) is 0 Å². The number of nitrogens with zero attached hydrogens (tertiary/aromatic N) is 1. The molecule has 0 aliphatic rings. The fraction of sp³-hybridized carbons (Fsp3) is 0.391. The maximum Gasteiger partial charge on any atom is 0.488 e. The van der Waals surface area contributed by atoms with Gasteiger partial charge in [-0.2, -0.15) is 0 Å². The highest BCUT2D eigenvalue weighted by Gasteiger charge is 2.35. The summed E-state index contributed by atoms with van der Waals surface area (Å²) in [4.78, 5) is 26.6. The van der Waals surface area contributed by atoms with Crippen LogP contribution in [0.5, 0.6) is 0 Å². The SMILES string of the molecule is CCC[C@@H](N(NC(=O)c1ccc(B(O)O)cc1)C(=O)c1cc(C)cc(I)c1)C(C)(C)C. The molecular weight excluding hydrogens is 506 g/mol. The van der Waals surface area contributed by atoms with Crippen LogP contribution in [-0.2, 0) is 0 Å². The van der Waals surface area contributed by atoms with E-state index in [0.29, 0.717) is 11.1 Å². The number of benzene rings is 2. The molecule has 0 aliphatic heterocycles. The number of hydrogen-bond donors (Lipinski definition) is 3. The highest BCUT2D eigenvalue weighted by atomic mass is 127. The summed E-state index contributed by atoms with van der Waals surface area (Å²) in [5.41, 5.74) is 4.67. The third kappa shape index (κ3) is 6.79. The second-order valence-corrected chi connectivity index (χ2v) is 10.0. The maximum atomic E-state index is 13.6. The first-order valence-electron chi connectivity index (χ1n) is 10.3. The highest BCUT2D eigenvalue weighted by molar-refractivity contribution is 14.1. The third-order valence-electron chi connectivity index (χ3n) is 5.07. The van der Waals surface area contributed by atoms with Crippen molar-refractivity contribution in [2.75, 3.05) is 0 Å². The lowest BCUT2D eigenvalue weighted by molar-refractivity contribution is 0.0271. The molecule has 0 bridgehead atoms. The van der Waals surface area contributed by atoms with E-state index < -0.39 is 13.0 Å². The first-order chi connectivity index (χ1) is 14.4. The van der Waals surface area contributed by atoms with Gasteiger partial charge in [0.2, 0.25) is 0 Å². The molecule has 6 nitrogen and oxygen atoms in total. The minimum atomic E-state index is -1.60. The normalized spacial score (nSPS) is 12.3. The Labute approximate surface area is 198 Å². The topological polar surface area (TPSA) is 89.9 Å². The van der Waals surface area contributed by atoms with Crippen molar-refractivity contribution in [2.24, 2.45) is 5.41 Å². The van der Waals surface area contributed by atoms with E-state index in [1.807, 2.05) is 25.1 Å². The smallest absolute Gasteiger partial charge is 0.423 e. The van der Waals surface area contributed by atoms with Crippen LogP contribution in [0.1, 0.15) is 66.8 Å². The molecule has 3 N–H and O–H groups in total. The van der Waals surface area contributed by atoms with Gasteiger partial charge in [0.25, 0.3) is 11.8 Å². The molecular formula is C23H30BIN2O4. The quantitative estimate of drug-likeness (QED) is 0.301. The summed E-state index contributed by atoms with van der Waals surface area (Å²) < 4.78 is 0.952. The summed E-state index contributed by atoms with van der Waals surface area (Å²) in [6.45, 7) is 10.1. The van der Waals surface area contributed by atoms with Gasteiger partial charge in [-0.15, -0.1) is 0 Å². The molecule has 0 saturated heterocycles. The molecule has 2 rings (SSSR count). The van der Waals surface area contributed by atoms with Gasteiger partial charge in [0, 0.05) is 14.7 Å². The molecule has 0 unspecified atom stereocenters. The number of hydrogen-bond acceptors (Lipinski definition) is 4. The van der Waals surface area contributed by atoms with Crippen LogP contribution in [0.25, 0.3) is 0 Å². The highest BCUT2D eigenvalue weighted by Crippen LogP contribution is 2.29. The minimum Gasteiger partial charge on any atom is -0.423 e. The molecule has 2 aromatic rings. The summed E-state index contributed by atoms with van der Waals surface area (Å²) in [5, 5.41) is 20.0. The molecule has 2 amide bonds. The molecule has 0 radical (unpaired) electrons. The van der Waals surface area contributed by atoms with Gasteiger partial charge in [0.1, 0.15) is 0 Å². The number of halogens is 1. The first-order valence-corrected chi connectivity index (χ1v) is 11.4. The van der Waals surface area contributed by atoms with Crippen LogP contribution in [0.15, 0.2) is 42.5 Å². The van der Waals surface area contributed by atoms with Crippen LogP contribution >= 0.6 is 22.6 Å². The number of hydrazine groups is 1. The Bertz CT molecular complexity index is 906. The fourth-order valence-electron chi connectivity index (χ4n) is 3.47. The van der Waals surface area contributed by atoms with Gasteiger partial charge in [-0.3, -0.25) is 15.0 Å². The van der Waals surface area contributed by atoms with Crippen molar-refractivity contribution in [1.29, 1.82) is 0 Å². The Balaban J connectivity index is 2.43. The van der Waals surface area contributed by atoms with Crippen molar-refractivity contribution < 1.29 is 19.6 Å². The van der Waals surface area contributed by atoms with Crippen molar-refractivity contribution in [3.05, 3.63) is 62.7 Å². The minimum absolute atomic E-state index is 0.217. The lowest BCUT2D eigenvalue weighted by atomic mass is 9.80. The van der Waals surface area contributed by atoms with Crippen LogP contribution < -0.4 is 10.9 Å². The van der Waals surface area contributed by atoms with E-state index >= 15 is 0 Å². The first kappa shape index (κ1) is 25.4. The fourth-order valence-corrected chi connectivity index (χ4v) is 4.30. The monoisotopic (exact) mass is 536 g/mol. The standard InChI is InChI=1S/C23H30BIN2O4/c1-6-7-20(23(3,4)5)27(22(29)17-12-15(2)13-19(25)14-17)26-21(28)16-8-10-18(11-9-16)24(30)31/h8-14,20,30-31H,6-7H2,1-5H3,(H,26,28)/t20-/m1/s1. The zero-order chi connectivity index (χ0) is 23.3. The molecule has 0 spiro atoms. The number of carbonyl (C=O) groups excluding carboxylic acids is 2. The Kier molecular flexibility index (Phi) is 8.68. The predicted molar refractivity (Wildman–Crippen MR) is 132 cm³/mol. The Morgan fingerprint density at radius 2 is 1.71 bits per heavy atom. The van der Waals surface area contributed by atoms with E-state index in [1.54, 1.807) is 0 Å². The molecule has 0 fully saturated rings. The molecule has 0 heterocycles. The summed E-state index contributed by atoms with van der Waals surface area (Å²) in [5.74, 6) is -0.689. The summed E-state index contributed by atoms with van der Waals surface area (Å²) >= 11 is 2.18. The largest absolute Gasteiger partial charge is 0.488 e. The summed E-state index contributed by atoms with van der Waals surface area (Å²) in [6.07, 6.45) is 1.59. The third-order valence-corrected chi connectivity index (χ3v) is 5.70. The van der Waals surface area contributed by atoms with Crippen molar-refractivity contribution in [1.82, 2.24) is 10.4 Å². The number of amides is 2. The molecule has 8 heteroatoms. The maximum absolute atomic E-state index is 13.6. The average molecular weight is 536 g/mol. The lowest BCUT2D eigenvalue weighted by Crippen LogP contribution is -2.56. The number of rotatable bonds is 6. The molecule has 166 valence electrons. The van der Waals surface area contributed by atoms with Crippen molar-refractivity contribution in [2.45, 2.75) is 53.5 Å². The molecule has 31 heavy (non-hydrogen) atoms. The molecule has 0 aliphatic carbocycles. The van der Waals surface area contributed by atoms with E-state index in [0.717, 1.165) is 22.0 Å². The van der Waals surface area contributed by atoms with Crippen LogP contribution in [-0.4, -0.2) is 40.0 Å². The Morgan fingerprint density at radius 1 is 1.10 bits per heavy atom. The Morgan fingerprint density at radius 3 is 2.19 bits per heavy atom. The second kappa shape index (κ2) is 10.6. The van der Waals surface area contributed by atoms with Crippen LogP contribution in [0.2, 0.25) is 0 Å². The van der Waals surface area contributed by atoms with Crippen LogP contribution in [0.4, 0.5) is 0 Å². The van der Waals surface area contributed by atoms with Crippen LogP contribution in [0, 0.1) is 15.9 Å². The second-order valence-electron chi connectivity index (χ2n) is 8.80. The molecule has 1 atom stereocenters. The number of nitrogens with one attached hydrogen (secondary N) is 1. The van der Waals surface area contributed by atoms with Crippen molar-refractivity contribution in [3.63, 3.8) is 0 Å². The van der Waals surface area contributed by atoms with E-state index in [4.69, 9.17) is 0 Å². The molecule has 0 aromatic heterocycles. The number of carbonyl (C=O) groups is 2. The van der Waals surface area contributed by atoms with Gasteiger partial charge >= 0.3 is 7.12 Å². The predicted octanol–water partition coefficient (Wildman–Crippen LogP) is 3.28. The van der Waals surface area contributed by atoms with E-state index in [1.165, 1.54) is 29.3 Å². The van der Waals surface area contributed by atoms with Gasteiger partial charge in [-0.1, -0.05) is 46.2 Å². The van der Waals surface area contributed by atoms with E-state index in [-0.39, 0.29) is 22.8 Å². The number of aryl methyl sites for hydroxylation is 1. The summed E-state index contributed by atoms with van der Waals surface area (Å²) in [7, 11) is -1.60. The van der Waals surface area contributed by atoms with E-state index in [2.05, 4.69) is 55.7 Å². The van der Waals surface area contributed by atoms with Gasteiger partial charge in [0.05, 0.1) is 6.04 Å². The average Bonchev–Trinajstić information content (AvgIpc) is 2.68. The van der Waals surface area contributed by atoms with Gasteiger partial charge < -0.3 is 10.0 Å². The molecule has 2 aromatic carbocycles. The zero-order valence-corrected chi connectivity index (χ0v) is 20.8. The van der Waals surface area contributed by atoms with Gasteiger partial charge in [-0.25, -0.2) is 5.01 Å². The Hall–Kier alpha value is -1.91. The summed E-state index contributed by atoms with van der Waals surface area (Å²) in [6, 6.07) is 11.4. The lowest BCUT2D eigenvalue weighted by Gasteiger charge is -2.40. The van der Waals surface area contributed by atoms with Crippen molar-refractivity contribution >= 4 is 47.0 Å². The van der Waals surface area contributed by atoms with Gasteiger partial charge in [0.15, 0.2) is 0 Å². The van der Waals surface area contributed by atoms with Crippen molar-refractivity contribution in [3.8, 4) is 0 Å².